The number of aromatic nitrogens is 5. The van der Waals surface area contributed by atoms with Crippen molar-refractivity contribution < 1.29 is 0 Å². The van der Waals surface area contributed by atoms with Crippen LogP contribution in [0.2, 0.25) is 0 Å². The largest absolute Gasteiger partial charge is 0.309 e. The van der Waals surface area contributed by atoms with Gasteiger partial charge in [-0.1, -0.05) is 140 Å². The van der Waals surface area contributed by atoms with E-state index < -0.39 is 0 Å². The standard InChI is InChI=1S/C53H33N5/c1-2-18-40(19-3-1)57-44-23-11-8-20-41(44)49-47(57)30-31-48-50(49)42-21-9-12-24-45(42)58(48)46-25-13-10-22-43(46)53-55-51(38-28-26-34-14-4-6-16-36(34)32-38)54-52(56-53)39-29-27-35-15-5-7-17-37(35)33-39/h1-33H. The molecule has 0 fully saturated rings. The summed E-state index contributed by atoms with van der Waals surface area (Å²) >= 11 is 0. The molecule has 12 rings (SSSR count). The number of benzene rings is 9. The monoisotopic (exact) mass is 739 g/mol. The molecule has 0 N–H and O–H groups in total. The van der Waals surface area contributed by atoms with E-state index in [1.54, 1.807) is 0 Å². The molecule has 0 aliphatic carbocycles. The number of hydrogen-bond acceptors (Lipinski definition) is 3. The molecule has 3 aromatic heterocycles. The predicted octanol–water partition coefficient (Wildman–Crippen LogP) is 13.4. The van der Waals surface area contributed by atoms with Crippen LogP contribution >= 0.6 is 0 Å². The van der Waals surface area contributed by atoms with Crippen LogP contribution in [0.25, 0.3) is 111 Å². The molecule has 0 atom stereocenters. The van der Waals surface area contributed by atoms with Crippen LogP contribution in [-0.2, 0) is 0 Å². The second-order valence-corrected chi connectivity index (χ2v) is 14.8. The van der Waals surface area contributed by atoms with E-state index in [-0.39, 0.29) is 0 Å². The normalized spacial score (nSPS) is 11.8. The molecule has 9 aromatic carbocycles. The van der Waals surface area contributed by atoms with E-state index >= 15 is 0 Å². The maximum atomic E-state index is 5.29. The molecule has 5 heteroatoms. The third kappa shape index (κ3) is 5.00. The fourth-order valence-corrected chi connectivity index (χ4v) is 8.90. The van der Waals surface area contributed by atoms with E-state index in [0.717, 1.165) is 49.9 Å². The lowest BCUT2D eigenvalue weighted by Crippen LogP contribution is -2.03. The van der Waals surface area contributed by atoms with Crippen LogP contribution in [0.4, 0.5) is 0 Å². The van der Waals surface area contributed by atoms with Crippen molar-refractivity contribution >= 4 is 65.2 Å². The van der Waals surface area contributed by atoms with E-state index in [9.17, 15) is 0 Å². The van der Waals surface area contributed by atoms with Gasteiger partial charge in [0.25, 0.3) is 0 Å². The van der Waals surface area contributed by atoms with E-state index in [0.29, 0.717) is 17.5 Å². The third-order valence-electron chi connectivity index (χ3n) is 11.5. The number of fused-ring (bicyclic) bond motifs is 9. The van der Waals surface area contributed by atoms with Gasteiger partial charge in [-0.15, -0.1) is 0 Å². The molecule has 0 spiro atoms. The number of nitrogens with zero attached hydrogens (tertiary/aromatic N) is 5. The molecule has 0 radical (unpaired) electrons. The summed E-state index contributed by atoms with van der Waals surface area (Å²) in [5, 5.41) is 9.50. The second kappa shape index (κ2) is 12.8. The molecule has 58 heavy (non-hydrogen) atoms. The van der Waals surface area contributed by atoms with Gasteiger partial charge in [0.1, 0.15) is 0 Å². The molecule has 5 nitrogen and oxygen atoms in total. The van der Waals surface area contributed by atoms with Gasteiger partial charge < -0.3 is 9.13 Å². The SMILES string of the molecule is c1ccc(-n2c3ccccc3c3c4c5ccccc5n(-c5ccccc5-c5nc(-c6ccc7ccccc7c6)nc(-c6ccc7ccccc7c6)n5)c4ccc32)cc1. The van der Waals surface area contributed by atoms with Crippen LogP contribution < -0.4 is 0 Å². The molecular weight excluding hydrogens is 707 g/mol. The molecule has 0 bridgehead atoms. The van der Waals surface area contributed by atoms with Crippen molar-refractivity contribution in [2.24, 2.45) is 0 Å². The van der Waals surface area contributed by atoms with Gasteiger partial charge in [0.15, 0.2) is 17.5 Å². The lowest BCUT2D eigenvalue weighted by atomic mass is 10.1. The number of rotatable bonds is 5. The zero-order chi connectivity index (χ0) is 38.2. The van der Waals surface area contributed by atoms with Crippen LogP contribution in [0.5, 0.6) is 0 Å². The molecule has 3 heterocycles. The lowest BCUT2D eigenvalue weighted by Gasteiger charge is -2.15. The fourth-order valence-electron chi connectivity index (χ4n) is 8.90. The molecule has 0 unspecified atom stereocenters. The lowest BCUT2D eigenvalue weighted by molar-refractivity contribution is 1.07. The summed E-state index contributed by atoms with van der Waals surface area (Å²) in [5.74, 6) is 1.88. The molecule has 0 aliphatic heterocycles. The highest BCUT2D eigenvalue weighted by atomic mass is 15.1. The summed E-state index contributed by atoms with van der Waals surface area (Å²) in [5.41, 5.74) is 9.54. The Hall–Kier alpha value is -7.89. The average molecular weight is 740 g/mol. The first-order valence-corrected chi connectivity index (χ1v) is 19.6. The Morgan fingerprint density at radius 2 is 0.776 bits per heavy atom. The molecule has 270 valence electrons. The van der Waals surface area contributed by atoms with Gasteiger partial charge in [-0.25, -0.2) is 15.0 Å². The summed E-state index contributed by atoms with van der Waals surface area (Å²) < 4.78 is 4.78. The summed E-state index contributed by atoms with van der Waals surface area (Å²) in [6.45, 7) is 0. The molecule has 12 aromatic rings. The zero-order valence-corrected chi connectivity index (χ0v) is 31.3. The van der Waals surface area contributed by atoms with Crippen molar-refractivity contribution in [3.63, 3.8) is 0 Å². The Morgan fingerprint density at radius 3 is 1.40 bits per heavy atom. The van der Waals surface area contributed by atoms with Gasteiger partial charge >= 0.3 is 0 Å². The first kappa shape index (κ1) is 32.4. The molecular formula is C53H33N5. The average Bonchev–Trinajstić information content (AvgIpc) is 3.81. The van der Waals surface area contributed by atoms with Crippen LogP contribution in [0.3, 0.4) is 0 Å². The quantitative estimate of drug-likeness (QED) is 0.177. The van der Waals surface area contributed by atoms with Crippen molar-refractivity contribution in [1.82, 2.24) is 24.1 Å². The maximum Gasteiger partial charge on any atom is 0.166 e. The Balaban J connectivity index is 1.13. The minimum Gasteiger partial charge on any atom is -0.309 e. The van der Waals surface area contributed by atoms with Crippen LogP contribution in [0, 0.1) is 0 Å². The van der Waals surface area contributed by atoms with Crippen LogP contribution in [0.1, 0.15) is 0 Å². The van der Waals surface area contributed by atoms with Crippen molar-refractivity contribution in [2.45, 2.75) is 0 Å². The number of hydrogen-bond donors (Lipinski definition) is 0. The fraction of sp³-hybridized carbons (Fsp3) is 0. The van der Waals surface area contributed by atoms with Crippen LogP contribution in [0.15, 0.2) is 200 Å². The van der Waals surface area contributed by atoms with Gasteiger partial charge in [-0.2, -0.15) is 0 Å². The third-order valence-corrected chi connectivity index (χ3v) is 11.5. The molecule has 0 amide bonds. The van der Waals surface area contributed by atoms with Crippen molar-refractivity contribution in [1.29, 1.82) is 0 Å². The Morgan fingerprint density at radius 1 is 0.310 bits per heavy atom. The molecule has 0 saturated carbocycles. The Bertz CT molecular complexity index is 3480. The summed E-state index contributed by atoms with van der Waals surface area (Å²) in [6.07, 6.45) is 0. The highest BCUT2D eigenvalue weighted by Gasteiger charge is 2.23. The molecule has 0 saturated heterocycles. The Kier molecular flexibility index (Phi) is 7.16. The van der Waals surface area contributed by atoms with E-state index in [1.165, 1.54) is 43.4 Å². The van der Waals surface area contributed by atoms with Crippen molar-refractivity contribution in [3.8, 4) is 45.5 Å². The van der Waals surface area contributed by atoms with E-state index in [2.05, 4.69) is 209 Å². The van der Waals surface area contributed by atoms with Crippen molar-refractivity contribution in [3.05, 3.63) is 200 Å². The van der Waals surface area contributed by atoms with E-state index in [1.807, 2.05) is 0 Å². The minimum absolute atomic E-state index is 0.615. The summed E-state index contributed by atoms with van der Waals surface area (Å²) in [4.78, 5) is 15.7. The smallest absolute Gasteiger partial charge is 0.166 e. The second-order valence-electron chi connectivity index (χ2n) is 14.8. The van der Waals surface area contributed by atoms with Gasteiger partial charge in [0.2, 0.25) is 0 Å². The zero-order valence-electron chi connectivity index (χ0n) is 31.3. The maximum absolute atomic E-state index is 5.29. The first-order chi connectivity index (χ1) is 28.8. The highest BCUT2D eigenvalue weighted by molar-refractivity contribution is 6.29. The Labute approximate surface area is 333 Å². The molecule has 0 aliphatic rings. The van der Waals surface area contributed by atoms with Gasteiger partial charge in [0.05, 0.1) is 27.8 Å². The highest BCUT2D eigenvalue weighted by Crippen LogP contribution is 2.43. The summed E-state index contributed by atoms with van der Waals surface area (Å²) in [6, 6.07) is 70.9. The van der Waals surface area contributed by atoms with Crippen LogP contribution in [-0.4, -0.2) is 24.1 Å². The summed E-state index contributed by atoms with van der Waals surface area (Å²) in [7, 11) is 0. The number of para-hydroxylation sites is 4. The topological polar surface area (TPSA) is 48.5 Å². The van der Waals surface area contributed by atoms with Gasteiger partial charge in [-0.3, -0.25) is 0 Å². The first-order valence-electron chi connectivity index (χ1n) is 19.6. The van der Waals surface area contributed by atoms with Gasteiger partial charge in [0, 0.05) is 43.9 Å². The minimum atomic E-state index is 0.615. The van der Waals surface area contributed by atoms with Crippen molar-refractivity contribution in [2.75, 3.05) is 0 Å². The van der Waals surface area contributed by atoms with E-state index in [4.69, 9.17) is 15.0 Å². The predicted molar refractivity (Wildman–Crippen MR) is 240 cm³/mol. The van der Waals surface area contributed by atoms with Gasteiger partial charge in [-0.05, 0) is 82.2 Å².